The van der Waals surface area contributed by atoms with E-state index in [-0.39, 0.29) is 28.3 Å². The standard InChI is InChI=1S/C26H31N3O7S/c1-27(2)37(33,34)21-10-6-19(7-11-21)24(30)22-23(18-4-8-20(35-3)9-5-18)29(26(32)25(22)31)13-12-28-14-16-36-17-15-28/h4-11,23,30H,12-17H2,1-3H3/b24-22+/t23-/m1/s1. The van der Waals surface area contributed by atoms with Crippen molar-refractivity contribution in [2.45, 2.75) is 10.9 Å². The van der Waals surface area contributed by atoms with Gasteiger partial charge in [0.25, 0.3) is 11.7 Å². The van der Waals surface area contributed by atoms with Crippen LogP contribution < -0.4 is 4.74 Å². The molecule has 0 radical (unpaired) electrons. The SMILES string of the molecule is COc1ccc([C@@H]2/C(=C(\O)c3ccc(S(=O)(=O)N(C)C)cc3)C(=O)C(=O)N2CCN2CCOCC2)cc1. The molecule has 2 saturated heterocycles. The third-order valence-electron chi connectivity index (χ3n) is 6.64. The molecule has 10 nitrogen and oxygen atoms in total. The molecule has 198 valence electrons. The summed E-state index contributed by atoms with van der Waals surface area (Å²) in [6.07, 6.45) is 0. The molecule has 0 unspecified atom stereocenters. The molecule has 1 amide bonds. The number of likely N-dealkylation sites (tertiary alicyclic amines) is 1. The fourth-order valence-electron chi connectivity index (χ4n) is 4.47. The molecule has 2 fully saturated rings. The van der Waals surface area contributed by atoms with Crippen LogP contribution in [0.25, 0.3) is 5.76 Å². The van der Waals surface area contributed by atoms with Crippen LogP contribution in [-0.2, 0) is 24.3 Å². The minimum absolute atomic E-state index is 0.0413. The first-order chi connectivity index (χ1) is 17.6. The number of rotatable bonds is 8. The molecule has 1 N–H and O–H groups in total. The van der Waals surface area contributed by atoms with E-state index in [0.717, 1.165) is 17.4 Å². The first-order valence-electron chi connectivity index (χ1n) is 11.9. The molecule has 1 atom stereocenters. The monoisotopic (exact) mass is 529 g/mol. The van der Waals surface area contributed by atoms with Crippen molar-refractivity contribution in [1.29, 1.82) is 0 Å². The zero-order chi connectivity index (χ0) is 26.7. The Morgan fingerprint density at radius 3 is 2.22 bits per heavy atom. The highest BCUT2D eigenvalue weighted by Gasteiger charge is 2.46. The third-order valence-corrected chi connectivity index (χ3v) is 8.47. The number of amides is 1. The van der Waals surface area contributed by atoms with Crippen LogP contribution in [0.3, 0.4) is 0 Å². The van der Waals surface area contributed by atoms with Gasteiger partial charge in [0.1, 0.15) is 11.5 Å². The average molecular weight is 530 g/mol. The van der Waals surface area contributed by atoms with Crippen molar-refractivity contribution in [3.8, 4) is 5.75 Å². The van der Waals surface area contributed by atoms with Gasteiger partial charge >= 0.3 is 0 Å². The third kappa shape index (κ3) is 5.40. The molecule has 0 aromatic heterocycles. The predicted octanol–water partition coefficient (Wildman–Crippen LogP) is 1.70. The number of hydrogen-bond acceptors (Lipinski definition) is 8. The Balaban J connectivity index is 1.73. The summed E-state index contributed by atoms with van der Waals surface area (Å²) < 4.78 is 36.6. The number of carbonyl (C=O) groups is 2. The molecule has 2 aliphatic rings. The van der Waals surface area contributed by atoms with Crippen LogP contribution in [0.5, 0.6) is 5.75 Å². The number of ketones is 1. The van der Waals surface area contributed by atoms with E-state index < -0.39 is 27.8 Å². The van der Waals surface area contributed by atoms with Crippen molar-refractivity contribution in [3.63, 3.8) is 0 Å². The molecule has 4 rings (SSSR count). The van der Waals surface area contributed by atoms with E-state index in [1.807, 2.05) is 0 Å². The molecule has 2 aromatic rings. The van der Waals surface area contributed by atoms with Crippen LogP contribution in [-0.4, -0.2) is 99.9 Å². The van der Waals surface area contributed by atoms with Gasteiger partial charge in [-0.3, -0.25) is 14.5 Å². The van der Waals surface area contributed by atoms with E-state index in [0.29, 0.717) is 31.1 Å². The summed E-state index contributed by atoms with van der Waals surface area (Å²) in [6.45, 7) is 3.54. The topological polar surface area (TPSA) is 117 Å². The number of aliphatic hydroxyl groups excluding tert-OH is 1. The number of Topliss-reactive ketones (excluding diaryl/α,β-unsaturated/α-hetero) is 1. The van der Waals surface area contributed by atoms with Gasteiger partial charge in [-0.1, -0.05) is 12.1 Å². The lowest BCUT2D eigenvalue weighted by molar-refractivity contribution is -0.140. The lowest BCUT2D eigenvalue weighted by Gasteiger charge is -2.31. The highest BCUT2D eigenvalue weighted by Crippen LogP contribution is 2.39. The minimum Gasteiger partial charge on any atom is -0.507 e. The van der Waals surface area contributed by atoms with Gasteiger partial charge in [0.15, 0.2) is 0 Å². The molecule has 0 bridgehead atoms. The van der Waals surface area contributed by atoms with Crippen molar-refractivity contribution in [3.05, 3.63) is 65.2 Å². The van der Waals surface area contributed by atoms with Crippen molar-refractivity contribution in [2.24, 2.45) is 0 Å². The summed E-state index contributed by atoms with van der Waals surface area (Å²) in [4.78, 5) is 30.1. The quantitative estimate of drug-likeness (QED) is 0.312. The number of ether oxygens (including phenoxy) is 2. The number of aliphatic hydroxyl groups is 1. The fraction of sp³-hybridized carbons (Fsp3) is 0.385. The fourth-order valence-corrected chi connectivity index (χ4v) is 5.37. The highest BCUT2D eigenvalue weighted by atomic mass is 32.2. The van der Waals surface area contributed by atoms with E-state index in [9.17, 15) is 23.1 Å². The van der Waals surface area contributed by atoms with Crippen LogP contribution in [0.2, 0.25) is 0 Å². The molecular formula is C26H31N3O7S. The van der Waals surface area contributed by atoms with E-state index >= 15 is 0 Å². The second-order valence-electron chi connectivity index (χ2n) is 9.03. The Morgan fingerprint density at radius 1 is 1.03 bits per heavy atom. The molecule has 0 aliphatic carbocycles. The lowest BCUT2D eigenvalue weighted by atomic mass is 9.95. The Bertz CT molecular complexity index is 1280. The number of nitrogens with zero attached hydrogens (tertiary/aromatic N) is 3. The van der Waals surface area contributed by atoms with Crippen LogP contribution in [0.1, 0.15) is 17.2 Å². The summed E-state index contributed by atoms with van der Waals surface area (Å²) in [7, 11) is 0.735. The first-order valence-corrected chi connectivity index (χ1v) is 13.3. The second kappa shape index (κ2) is 11.0. The summed E-state index contributed by atoms with van der Waals surface area (Å²) in [5.74, 6) is -1.22. The molecule has 37 heavy (non-hydrogen) atoms. The molecule has 2 aromatic carbocycles. The van der Waals surface area contributed by atoms with E-state index in [4.69, 9.17) is 9.47 Å². The maximum Gasteiger partial charge on any atom is 0.295 e. The zero-order valence-corrected chi connectivity index (χ0v) is 21.9. The number of benzene rings is 2. The molecule has 11 heteroatoms. The largest absolute Gasteiger partial charge is 0.507 e. The Kier molecular flexibility index (Phi) is 7.98. The lowest BCUT2D eigenvalue weighted by Crippen LogP contribution is -2.42. The van der Waals surface area contributed by atoms with Crippen molar-refractivity contribution in [2.75, 3.05) is 60.6 Å². The maximum absolute atomic E-state index is 13.2. The van der Waals surface area contributed by atoms with Crippen LogP contribution in [0.4, 0.5) is 0 Å². The van der Waals surface area contributed by atoms with Crippen LogP contribution >= 0.6 is 0 Å². The Morgan fingerprint density at radius 2 is 1.65 bits per heavy atom. The van der Waals surface area contributed by atoms with E-state index in [1.165, 1.54) is 43.3 Å². The summed E-state index contributed by atoms with van der Waals surface area (Å²) >= 11 is 0. The first kappa shape index (κ1) is 26.8. The van der Waals surface area contributed by atoms with E-state index in [1.54, 1.807) is 31.4 Å². The smallest absolute Gasteiger partial charge is 0.295 e. The van der Waals surface area contributed by atoms with Gasteiger partial charge in [-0.2, -0.15) is 0 Å². The number of methoxy groups -OCH3 is 1. The van der Waals surface area contributed by atoms with Crippen LogP contribution in [0, 0.1) is 0 Å². The number of sulfonamides is 1. The highest BCUT2D eigenvalue weighted by molar-refractivity contribution is 7.89. The summed E-state index contributed by atoms with van der Waals surface area (Å²) in [5.41, 5.74) is 0.845. The van der Waals surface area contributed by atoms with Crippen molar-refractivity contribution in [1.82, 2.24) is 14.1 Å². The van der Waals surface area contributed by atoms with Gasteiger partial charge in [0, 0.05) is 45.8 Å². The van der Waals surface area contributed by atoms with Crippen LogP contribution in [0.15, 0.2) is 59.0 Å². The van der Waals surface area contributed by atoms with Gasteiger partial charge < -0.3 is 19.5 Å². The van der Waals surface area contributed by atoms with E-state index in [2.05, 4.69) is 4.90 Å². The van der Waals surface area contributed by atoms with Gasteiger partial charge in [0.05, 0.1) is 36.8 Å². The maximum atomic E-state index is 13.2. The molecule has 0 spiro atoms. The molecule has 0 saturated carbocycles. The van der Waals surface area contributed by atoms with Gasteiger partial charge in [-0.25, -0.2) is 12.7 Å². The second-order valence-corrected chi connectivity index (χ2v) is 11.2. The van der Waals surface area contributed by atoms with Gasteiger partial charge in [0.2, 0.25) is 10.0 Å². The van der Waals surface area contributed by atoms with Gasteiger partial charge in [-0.15, -0.1) is 0 Å². The summed E-state index contributed by atoms with van der Waals surface area (Å²) in [5, 5.41) is 11.2. The number of morpholine rings is 1. The molecule has 2 aliphatic heterocycles. The average Bonchev–Trinajstić information content (AvgIpc) is 3.17. The summed E-state index contributed by atoms with van der Waals surface area (Å²) in [6, 6.07) is 11.8. The Labute approximate surface area is 216 Å². The van der Waals surface area contributed by atoms with Crippen molar-refractivity contribution < 1.29 is 32.6 Å². The number of hydrogen-bond donors (Lipinski definition) is 1. The van der Waals surface area contributed by atoms with Gasteiger partial charge in [-0.05, 0) is 42.0 Å². The zero-order valence-electron chi connectivity index (χ0n) is 21.1. The predicted molar refractivity (Wildman–Crippen MR) is 137 cm³/mol. The van der Waals surface area contributed by atoms with Crippen molar-refractivity contribution >= 4 is 27.5 Å². The molecular weight excluding hydrogens is 498 g/mol. The Hall–Kier alpha value is -3.25. The normalized spacial score (nSPS) is 20.5. The molecule has 2 heterocycles. The number of carbonyl (C=O) groups excluding carboxylic acids is 2. The minimum atomic E-state index is -3.66.